The summed E-state index contributed by atoms with van der Waals surface area (Å²) in [5.74, 6) is 1.88. The molecule has 0 aliphatic heterocycles. The van der Waals surface area contributed by atoms with Gasteiger partial charge in [-0.25, -0.2) is 0 Å². The van der Waals surface area contributed by atoms with E-state index in [-0.39, 0.29) is 0 Å². The van der Waals surface area contributed by atoms with E-state index in [9.17, 15) is 4.79 Å². The zero-order valence-electron chi connectivity index (χ0n) is 7.04. The predicted octanol–water partition coefficient (Wildman–Crippen LogP) is 0.188. The van der Waals surface area contributed by atoms with Gasteiger partial charge in [0.05, 0.1) is 6.04 Å². The molecule has 11 heavy (non-hydrogen) atoms. The van der Waals surface area contributed by atoms with Crippen molar-refractivity contribution in [3.05, 3.63) is 0 Å². The molecule has 0 fully saturated rings. The zero-order valence-corrected chi connectivity index (χ0v) is 7.86. The molecule has 0 bridgehead atoms. The smallest absolute Gasteiger partial charge is 0.235 e. The van der Waals surface area contributed by atoms with E-state index in [2.05, 4.69) is 13.8 Å². The third kappa shape index (κ3) is 6.19. The highest BCUT2D eigenvalue weighted by molar-refractivity contribution is 7.99. The summed E-state index contributed by atoms with van der Waals surface area (Å²) in [6, 6.07) is -0.487. The molecule has 0 aliphatic carbocycles. The zero-order chi connectivity index (χ0) is 8.85. The van der Waals surface area contributed by atoms with Crippen molar-refractivity contribution in [3.63, 3.8) is 0 Å². The van der Waals surface area contributed by atoms with Gasteiger partial charge in [-0.15, -0.1) is 0 Å². The van der Waals surface area contributed by atoms with Crippen LogP contribution in [0.1, 0.15) is 13.8 Å². The van der Waals surface area contributed by atoms with E-state index in [4.69, 9.17) is 11.5 Å². The third-order valence-electron chi connectivity index (χ3n) is 1.11. The van der Waals surface area contributed by atoms with Crippen LogP contribution < -0.4 is 11.5 Å². The lowest BCUT2D eigenvalue weighted by molar-refractivity contribution is -0.118. The molecule has 0 spiro atoms. The Morgan fingerprint density at radius 1 is 1.45 bits per heavy atom. The Labute approximate surface area is 71.9 Å². The number of rotatable bonds is 5. The highest BCUT2D eigenvalue weighted by atomic mass is 32.2. The van der Waals surface area contributed by atoms with Gasteiger partial charge in [-0.1, -0.05) is 13.8 Å². The summed E-state index contributed by atoms with van der Waals surface area (Å²) < 4.78 is 0. The maximum absolute atomic E-state index is 10.5. The van der Waals surface area contributed by atoms with E-state index in [1.165, 1.54) is 0 Å². The van der Waals surface area contributed by atoms with E-state index < -0.39 is 11.9 Å². The molecule has 0 saturated carbocycles. The molecule has 4 heteroatoms. The van der Waals surface area contributed by atoms with Crippen molar-refractivity contribution in [2.45, 2.75) is 19.9 Å². The van der Waals surface area contributed by atoms with Crippen molar-refractivity contribution in [2.75, 3.05) is 11.5 Å². The average Bonchev–Trinajstić information content (AvgIpc) is 1.86. The predicted molar refractivity (Wildman–Crippen MR) is 49.3 cm³/mol. The second kappa shape index (κ2) is 5.43. The van der Waals surface area contributed by atoms with Gasteiger partial charge >= 0.3 is 0 Å². The van der Waals surface area contributed by atoms with Crippen molar-refractivity contribution in [1.82, 2.24) is 0 Å². The first-order valence-corrected chi connectivity index (χ1v) is 4.82. The van der Waals surface area contributed by atoms with Crippen LogP contribution in [0.5, 0.6) is 0 Å². The van der Waals surface area contributed by atoms with E-state index in [1.54, 1.807) is 11.8 Å². The summed E-state index contributed by atoms with van der Waals surface area (Å²) in [6.07, 6.45) is 0. The third-order valence-corrected chi connectivity index (χ3v) is 2.61. The summed E-state index contributed by atoms with van der Waals surface area (Å²) in [7, 11) is 0. The van der Waals surface area contributed by atoms with Gasteiger partial charge < -0.3 is 11.5 Å². The van der Waals surface area contributed by atoms with Gasteiger partial charge in [-0.2, -0.15) is 11.8 Å². The minimum atomic E-state index is -0.487. The maximum atomic E-state index is 10.5. The van der Waals surface area contributed by atoms with Crippen LogP contribution in [0, 0.1) is 5.92 Å². The largest absolute Gasteiger partial charge is 0.368 e. The second-order valence-corrected chi connectivity index (χ2v) is 4.02. The molecule has 0 saturated heterocycles. The van der Waals surface area contributed by atoms with Crippen LogP contribution in [0.4, 0.5) is 0 Å². The molecule has 0 aliphatic rings. The van der Waals surface area contributed by atoms with Crippen LogP contribution in [0.2, 0.25) is 0 Å². The Hall–Kier alpha value is -0.220. The molecular weight excluding hydrogens is 160 g/mol. The summed E-state index contributed by atoms with van der Waals surface area (Å²) in [6.45, 7) is 4.26. The lowest BCUT2D eigenvalue weighted by Crippen LogP contribution is -2.38. The molecule has 1 atom stereocenters. The first kappa shape index (κ1) is 10.8. The van der Waals surface area contributed by atoms with Gasteiger partial charge in [0.1, 0.15) is 0 Å². The first-order valence-electron chi connectivity index (χ1n) is 3.66. The second-order valence-electron chi connectivity index (χ2n) is 2.94. The van der Waals surface area contributed by atoms with Crippen LogP contribution >= 0.6 is 11.8 Å². The Morgan fingerprint density at radius 3 is 2.36 bits per heavy atom. The molecule has 0 rings (SSSR count). The lowest BCUT2D eigenvalue weighted by Gasteiger charge is -2.07. The van der Waals surface area contributed by atoms with Crippen molar-refractivity contribution >= 4 is 17.7 Å². The molecule has 4 N–H and O–H groups in total. The standard InChI is InChI=1S/C7H16N2OS/c1-5(2)3-11-4-6(8)7(9)10/h5-6H,3-4,8H2,1-2H3,(H2,9,10). The summed E-state index contributed by atoms with van der Waals surface area (Å²) in [4.78, 5) is 10.5. The van der Waals surface area contributed by atoms with E-state index in [0.717, 1.165) is 5.75 Å². The molecule has 3 nitrogen and oxygen atoms in total. The number of primary amides is 1. The van der Waals surface area contributed by atoms with Crippen molar-refractivity contribution in [3.8, 4) is 0 Å². The molecule has 0 heterocycles. The molecule has 1 unspecified atom stereocenters. The van der Waals surface area contributed by atoms with Gasteiger partial charge in [0.2, 0.25) is 5.91 Å². The van der Waals surface area contributed by atoms with Gasteiger partial charge in [0.25, 0.3) is 0 Å². The summed E-state index contributed by atoms with van der Waals surface area (Å²) in [5, 5.41) is 0. The quantitative estimate of drug-likeness (QED) is 0.628. The Balaban J connectivity index is 3.31. The number of nitrogens with two attached hydrogens (primary N) is 2. The van der Waals surface area contributed by atoms with Crippen molar-refractivity contribution in [2.24, 2.45) is 17.4 Å². The molecule has 1 amide bonds. The minimum absolute atomic E-state index is 0.416. The summed E-state index contributed by atoms with van der Waals surface area (Å²) in [5.41, 5.74) is 10.4. The van der Waals surface area contributed by atoms with Crippen LogP contribution in [0.3, 0.4) is 0 Å². The Morgan fingerprint density at radius 2 is 2.00 bits per heavy atom. The molecular formula is C7H16N2OS. The molecule has 66 valence electrons. The number of carbonyl (C=O) groups excluding carboxylic acids is 1. The maximum Gasteiger partial charge on any atom is 0.235 e. The molecule has 0 aromatic carbocycles. The van der Waals surface area contributed by atoms with Gasteiger partial charge in [0, 0.05) is 5.75 Å². The van der Waals surface area contributed by atoms with E-state index in [0.29, 0.717) is 11.7 Å². The molecule has 0 aromatic rings. The fourth-order valence-electron chi connectivity index (χ4n) is 0.513. The van der Waals surface area contributed by atoms with Crippen LogP contribution in [0.25, 0.3) is 0 Å². The van der Waals surface area contributed by atoms with Gasteiger partial charge in [-0.05, 0) is 11.7 Å². The van der Waals surface area contributed by atoms with Crippen LogP contribution in [-0.4, -0.2) is 23.5 Å². The Bertz CT molecular complexity index is 128. The van der Waals surface area contributed by atoms with Gasteiger partial charge in [-0.3, -0.25) is 4.79 Å². The fraction of sp³-hybridized carbons (Fsp3) is 0.857. The number of amides is 1. The van der Waals surface area contributed by atoms with E-state index in [1.807, 2.05) is 0 Å². The SMILES string of the molecule is CC(C)CSCC(N)C(N)=O. The normalized spacial score (nSPS) is 13.5. The summed E-state index contributed by atoms with van der Waals surface area (Å²) >= 11 is 1.67. The lowest BCUT2D eigenvalue weighted by atomic mass is 10.3. The number of thioether (sulfide) groups is 1. The van der Waals surface area contributed by atoms with Crippen LogP contribution in [-0.2, 0) is 4.79 Å². The monoisotopic (exact) mass is 176 g/mol. The van der Waals surface area contributed by atoms with E-state index >= 15 is 0 Å². The fourth-order valence-corrected chi connectivity index (χ4v) is 1.54. The number of carbonyl (C=O) groups is 1. The van der Waals surface area contributed by atoms with Crippen molar-refractivity contribution in [1.29, 1.82) is 0 Å². The average molecular weight is 176 g/mol. The first-order chi connectivity index (χ1) is 5.04. The minimum Gasteiger partial charge on any atom is -0.368 e. The number of hydrogen-bond acceptors (Lipinski definition) is 3. The van der Waals surface area contributed by atoms with Crippen molar-refractivity contribution < 1.29 is 4.79 Å². The van der Waals surface area contributed by atoms with Gasteiger partial charge in [0.15, 0.2) is 0 Å². The highest BCUT2D eigenvalue weighted by Crippen LogP contribution is 2.07. The number of hydrogen-bond donors (Lipinski definition) is 2. The topological polar surface area (TPSA) is 69.1 Å². The highest BCUT2D eigenvalue weighted by Gasteiger charge is 2.08. The molecule has 0 radical (unpaired) electrons. The molecule has 0 aromatic heterocycles. The van der Waals surface area contributed by atoms with Crippen LogP contribution in [0.15, 0.2) is 0 Å². The Kier molecular flexibility index (Phi) is 5.32.